The molecule has 2 heterocycles. The topological polar surface area (TPSA) is 44.8 Å². The van der Waals surface area contributed by atoms with Crippen LogP contribution in [0.15, 0.2) is 0 Å². The number of hydrogen-bond donors (Lipinski definition) is 1. The summed E-state index contributed by atoms with van der Waals surface area (Å²) in [7, 11) is 2.18. The number of piperidine rings is 1. The molecule has 2 saturated heterocycles. The average Bonchev–Trinajstić information content (AvgIpc) is 2.43. The molecule has 5 heteroatoms. The fraction of sp³-hybridized carbons (Fsp3) is 0.929. The van der Waals surface area contributed by atoms with E-state index in [2.05, 4.69) is 24.2 Å². The molecular weight excluding hydrogens is 242 g/mol. The fourth-order valence-corrected chi connectivity index (χ4v) is 2.73. The molecule has 5 nitrogen and oxygen atoms in total. The molecule has 2 aliphatic heterocycles. The lowest BCUT2D eigenvalue weighted by Crippen LogP contribution is -2.47. The lowest BCUT2D eigenvalue weighted by Gasteiger charge is -2.38. The van der Waals surface area contributed by atoms with Crippen LogP contribution >= 0.6 is 0 Å². The molecule has 0 unspecified atom stereocenters. The Morgan fingerprint density at radius 2 is 1.84 bits per heavy atom. The third-order valence-corrected chi connectivity index (χ3v) is 4.39. The summed E-state index contributed by atoms with van der Waals surface area (Å²) >= 11 is 0. The zero-order chi connectivity index (χ0) is 13.7. The molecule has 2 fully saturated rings. The first-order valence-electron chi connectivity index (χ1n) is 7.34. The first-order valence-corrected chi connectivity index (χ1v) is 7.34. The van der Waals surface area contributed by atoms with E-state index < -0.39 is 0 Å². The molecule has 0 aromatic rings. The van der Waals surface area contributed by atoms with E-state index >= 15 is 0 Å². The minimum Gasteiger partial charge on any atom is -0.378 e. The van der Waals surface area contributed by atoms with Crippen LogP contribution in [0.4, 0.5) is 0 Å². The Morgan fingerprint density at radius 3 is 2.47 bits per heavy atom. The lowest BCUT2D eigenvalue weighted by atomic mass is 9.80. The second-order valence-electron chi connectivity index (χ2n) is 6.21. The molecule has 0 aliphatic carbocycles. The maximum atomic E-state index is 12.0. The van der Waals surface area contributed by atoms with Gasteiger partial charge >= 0.3 is 0 Å². The van der Waals surface area contributed by atoms with Crippen molar-refractivity contribution in [2.24, 2.45) is 5.41 Å². The first kappa shape index (κ1) is 14.8. The Balaban J connectivity index is 1.66. The van der Waals surface area contributed by atoms with Crippen molar-refractivity contribution in [1.82, 2.24) is 15.1 Å². The Labute approximate surface area is 116 Å². The summed E-state index contributed by atoms with van der Waals surface area (Å²) in [6.07, 6.45) is 2.42. The monoisotopic (exact) mass is 269 g/mol. The van der Waals surface area contributed by atoms with Crippen LogP contribution < -0.4 is 5.32 Å². The maximum absolute atomic E-state index is 12.0. The molecular formula is C14H27N3O2. The van der Waals surface area contributed by atoms with Gasteiger partial charge in [0, 0.05) is 19.6 Å². The molecule has 2 rings (SSSR count). The number of carbonyl (C=O) groups is 1. The Bertz CT molecular complexity index is 295. The Hall–Kier alpha value is -0.650. The molecule has 1 N–H and O–H groups in total. The number of rotatable bonds is 4. The third-order valence-electron chi connectivity index (χ3n) is 4.39. The van der Waals surface area contributed by atoms with Crippen LogP contribution in [0.1, 0.15) is 19.8 Å². The van der Waals surface area contributed by atoms with Crippen molar-refractivity contribution in [3.63, 3.8) is 0 Å². The van der Waals surface area contributed by atoms with Crippen molar-refractivity contribution in [1.29, 1.82) is 0 Å². The van der Waals surface area contributed by atoms with Crippen molar-refractivity contribution in [2.45, 2.75) is 19.8 Å². The third kappa shape index (κ3) is 4.44. The summed E-state index contributed by atoms with van der Waals surface area (Å²) in [6, 6.07) is 0. The highest BCUT2D eigenvalue weighted by atomic mass is 16.5. The van der Waals surface area contributed by atoms with Crippen LogP contribution in [0.3, 0.4) is 0 Å². The number of hydrogen-bond acceptors (Lipinski definition) is 4. The number of morpholine rings is 1. The average molecular weight is 269 g/mol. The van der Waals surface area contributed by atoms with Crippen LogP contribution in [0, 0.1) is 5.41 Å². The van der Waals surface area contributed by atoms with Gasteiger partial charge in [0.2, 0.25) is 5.91 Å². The highest BCUT2D eigenvalue weighted by Gasteiger charge is 2.28. The largest absolute Gasteiger partial charge is 0.378 e. The van der Waals surface area contributed by atoms with Crippen molar-refractivity contribution in [3.05, 3.63) is 0 Å². The number of carbonyl (C=O) groups excluding carboxylic acids is 1. The number of nitrogens with zero attached hydrogens (tertiary/aromatic N) is 2. The molecule has 0 saturated carbocycles. The predicted octanol–water partition coefficient (Wildman–Crippen LogP) is 0.167. The van der Waals surface area contributed by atoms with Gasteiger partial charge in [-0.05, 0) is 38.4 Å². The SMILES string of the molecule is CN1CCC(C)(CNCC(=O)N2CCOCC2)CC1. The summed E-state index contributed by atoms with van der Waals surface area (Å²) in [6.45, 7) is 8.89. The van der Waals surface area contributed by atoms with Crippen molar-refractivity contribution in [2.75, 3.05) is 59.5 Å². The summed E-state index contributed by atoms with van der Waals surface area (Å²) in [5, 5.41) is 3.36. The van der Waals surface area contributed by atoms with Crippen LogP contribution in [0.2, 0.25) is 0 Å². The van der Waals surface area contributed by atoms with E-state index in [-0.39, 0.29) is 5.91 Å². The van der Waals surface area contributed by atoms with Gasteiger partial charge in [0.15, 0.2) is 0 Å². The van der Waals surface area contributed by atoms with Gasteiger partial charge in [0.05, 0.1) is 19.8 Å². The van der Waals surface area contributed by atoms with Crippen molar-refractivity contribution < 1.29 is 9.53 Å². The van der Waals surface area contributed by atoms with Gasteiger partial charge in [-0.1, -0.05) is 6.92 Å². The van der Waals surface area contributed by atoms with Crippen LogP contribution in [-0.4, -0.2) is 75.2 Å². The van der Waals surface area contributed by atoms with E-state index in [1.54, 1.807) is 0 Å². The number of nitrogens with one attached hydrogen (secondary N) is 1. The van der Waals surface area contributed by atoms with Gasteiger partial charge in [0.1, 0.15) is 0 Å². The van der Waals surface area contributed by atoms with Gasteiger partial charge in [-0.15, -0.1) is 0 Å². The number of ether oxygens (including phenoxy) is 1. The number of likely N-dealkylation sites (tertiary alicyclic amines) is 1. The standard InChI is InChI=1S/C14H27N3O2/c1-14(3-5-16(2)6-4-14)12-15-11-13(18)17-7-9-19-10-8-17/h15H,3-12H2,1-2H3. The molecule has 2 aliphatic rings. The smallest absolute Gasteiger partial charge is 0.236 e. The highest BCUT2D eigenvalue weighted by molar-refractivity contribution is 5.78. The first-order chi connectivity index (χ1) is 9.09. The molecule has 1 amide bonds. The summed E-state index contributed by atoms with van der Waals surface area (Å²) in [5.74, 6) is 0.208. The second kappa shape index (κ2) is 6.68. The van der Waals surface area contributed by atoms with Crippen LogP contribution in [0.5, 0.6) is 0 Å². The molecule has 19 heavy (non-hydrogen) atoms. The second-order valence-corrected chi connectivity index (χ2v) is 6.21. The van der Waals surface area contributed by atoms with Gasteiger partial charge in [-0.25, -0.2) is 0 Å². The molecule has 0 bridgehead atoms. The van der Waals surface area contributed by atoms with Crippen LogP contribution in [-0.2, 0) is 9.53 Å². The molecule has 0 radical (unpaired) electrons. The summed E-state index contributed by atoms with van der Waals surface area (Å²) < 4.78 is 5.26. The Kier molecular flexibility index (Phi) is 5.19. The quantitative estimate of drug-likeness (QED) is 0.790. The van der Waals surface area contributed by atoms with E-state index in [1.165, 1.54) is 12.8 Å². The van der Waals surface area contributed by atoms with E-state index in [0.717, 1.165) is 32.7 Å². The zero-order valence-corrected chi connectivity index (χ0v) is 12.3. The molecule has 0 aromatic heterocycles. The maximum Gasteiger partial charge on any atom is 0.236 e. The highest BCUT2D eigenvalue weighted by Crippen LogP contribution is 2.29. The predicted molar refractivity (Wildman–Crippen MR) is 75.1 cm³/mol. The molecule has 0 atom stereocenters. The van der Waals surface area contributed by atoms with Gasteiger partial charge in [-0.3, -0.25) is 4.79 Å². The van der Waals surface area contributed by atoms with E-state index in [0.29, 0.717) is 25.2 Å². The van der Waals surface area contributed by atoms with Crippen molar-refractivity contribution >= 4 is 5.91 Å². The summed E-state index contributed by atoms with van der Waals surface area (Å²) in [5.41, 5.74) is 0.345. The molecule has 0 aromatic carbocycles. The Morgan fingerprint density at radius 1 is 1.21 bits per heavy atom. The zero-order valence-electron chi connectivity index (χ0n) is 12.3. The van der Waals surface area contributed by atoms with Crippen LogP contribution in [0.25, 0.3) is 0 Å². The minimum absolute atomic E-state index is 0.208. The lowest BCUT2D eigenvalue weighted by molar-refractivity contribution is -0.134. The van der Waals surface area contributed by atoms with Crippen molar-refractivity contribution in [3.8, 4) is 0 Å². The van der Waals surface area contributed by atoms with E-state index in [4.69, 9.17) is 4.74 Å². The van der Waals surface area contributed by atoms with Gasteiger partial charge < -0.3 is 19.9 Å². The normalized spacial score (nSPS) is 24.4. The van der Waals surface area contributed by atoms with E-state index in [1.807, 2.05) is 4.90 Å². The number of amides is 1. The van der Waals surface area contributed by atoms with E-state index in [9.17, 15) is 4.79 Å². The minimum atomic E-state index is 0.208. The van der Waals surface area contributed by atoms with Gasteiger partial charge in [-0.2, -0.15) is 0 Å². The molecule has 0 spiro atoms. The summed E-state index contributed by atoms with van der Waals surface area (Å²) in [4.78, 5) is 16.3. The fourth-order valence-electron chi connectivity index (χ4n) is 2.73. The van der Waals surface area contributed by atoms with Gasteiger partial charge in [0.25, 0.3) is 0 Å². The molecule has 110 valence electrons.